The minimum absolute atomic E-state index is 0.0406. The molecule has 21 heavy (non-hydrogen) atoms. The molecule has 2 aromatic heterocycles. The van der Waals surface area contributed by atoms with Crippen LogP contribution >= 0.6 is 0 Å². The number of H-pyrrole nitrogens is 1. The number of hydrogen-bond acceptors (Lipinski definition) is 4. The van der Waals surface area contributed by atoms with E-state index in [1.165, 1.54) is 24.7 Å². The number of hydrogen-bond donors (Lipinski definition) is 3. The van der Waals surface area contributed by atoms with E-state index in [4.69, 9.17) is 0 Å². The molecule has 7 nitrogen and oxygen atoms in total. The van der Waals surface area contributed by atoms with Crippen molar-refractivity contribution in [3.8, 4) is 22.8 Å². The maximum absolute atomic E-state index is 12.1. The zero-order valence-electron chi connectivity index (χ0n) is 11.4. The Bertz CT molecular complexity index is 978. The molecule has 1 aromatic carbocycles. The highest BCUT2D eigenvalue weighted by molar-refractivity contribution is 5.91. The average molecular weight is 287 g/mol. The molecule has 0 aliphatic carbocycles. The van der Waals surface area contributed by atoms with Crippen LogP contribution in [0, 0.1) is 0 Å². The number of fused-ring (bicyclic) bond motifs is 1. The summed E-state index contributed by atoms with van der Waals surface area (Å²) >= 11 is 0. The van der Waals surface area contributed by atoms with Gasteiger partial charge >= 0.3 is 5.69 Å². The molecule has 108 valence electrons. The molecule has 0 bridgehead atoms. The van der Waals surface area contributed by atoms with Crippen molar-refractivity contribution in [1.29, 1.82) is 0 Å². The molecule has 3 N–H and O–H groups in total. The first-order valence-corrected chi connectivity index (χ1v) is 6.22. The predicted molar refractivity (Wildman–Crippen MR) is 77.5 cm³/mol. The normalized spacial score (nSPS) is 11.1. The maximum atomic E-state index is 12.1. The number of nitrogens with zero attached hydrogens (tertiary/aromatic N) is 2. The number of para-hydroxylation sites is 1. The summed E-state index contributed by atoms with van der Waals surface area (Å²) in [5.41, 5.74) is -0.311. The van der Waals surface area contributed by atoms with Gasteiger partial charge in [-0.1, -0.05) is 12.1 Å². The van der Waals surface area contributed by atoms with Gasteiger partial charge < -0.3 is 15.2 Å². The molecular formula is C14H13N3O4. The number of phenolic OH excluding ortho intramolecular Hbond substituents is 1. The summed E-state index contributed by atoms with van der Waals surface area (Å²) in [5.74, 6) is -0.287. The van der Waals surface area contributed by atoms with E-state index in [-0.39, 0.29) is 28.2 Å². The van der Waals surface area contributed by atoms with Crippen LogP contribution in [0.1, 0.15) is 0 Å². The lowest BCUT2D eigenvalue weighted by Gasteiger charge is -2.04. The van der Waals surface area contributed by atoms with Crippen LogP contribution in [-0.2, 0) is 14.1 Å². The first-order valence-electron chi connectivity index (χ1n) is 6.22. The van der Waals surface area contributed by atoms with Crippen molar-refractivity contribution in [2.75, 3.05) is 0 Å². The summed E-state index contributed by atoms with van der Waals surface area (Å²) in [7, 11) is 2.83. The van der Waals surface area contributed by atoms with E-state index in [2.05, 4.69) is 4.98 Å². The molecule has 0 atom stereocenters. The number of benzene rings is 1. The number of aromatic amines is 1. The van der Waals surface area contributed by atoms with E-state index in [9.17, 15) is 19.8 Å². The van der Waals surface area contributed by atoms with Gasteiger partial charge in [0.25, 0.3) is 5.56 Å². The van der Waals surface area contributed by atoms with Crippen LogP contribution in [0.25, 0.3) is 22.3 Å². The Hall–Kier alpha value is -2.96. The van der Waals surface area contributed by atoms with Crippen LogP contribution < -0.4 is 11.2 Å². The summed E-state index contributed by atoms with van der Waals surface area (Å²) < 4.78 is 2.14. The maximum Gasteiger partial charge on any atom is 0.331 e. The van der Waals surface area contributed by atoms with Crippen molar-refractivity contribution < 1.29 is 10.2 Å². The molecule has 0 amide bonds. The smallest absolute Gasteiger partial charge is 0.331 e. The third kappa shape index (κ3) is 1.67. The van der Waals surface area contributed by atoms with E-state index >= 15 is 0 Å². The van der Waals surface area contributed by atoms with Gasteiger partial charge in [-0.2, -0.15) is 0 Å². The number of nitrogens with one attached hydrogen (secondary N) is 1. The lowest BCUT2D eigenvalue weighted by atomic mass is 10.1. The Balaban J connectivity index is 2.50. The van der Waals surface area contributed by atoms with Crippen molar-refractivity contribution >= 4 is 11.0 Å². The molecule has 0 aliphatic rings. The molecule has 0 fully saturated rings. The molecule has 7 heteroatoms. The van der Waals surface area contributed by atoms with Crippen LogP contribution in [-0.4, -0.2) is 24.3 Å². The topological polar surface area (TPSA) is 100 Å². The second-order valence-electron chi connectivity index (χ2n) is 4.80. The molecule has 0 unspecified atom stereocenters. The predicted octanol–water partition coefficient (Wildman–Crippen LogP) is 0.643. The largest absolute Gasteiger partial charge is 0.507 e. The second-order valence-corrected chi connectivity index (χ2v) is 4.80. The van der Waals surface area contributed by atoms with Crippen molar-refractivity contribution in [3.63, 3.8) is 0 Å². The summed E-state index contributed by atoms with van der Waals surface area (Å²) in [6.45, 7) is 0. The Morgan fingerprint density at radius 3 is 2.38 bits per heavy atom. The average Bonchev–Trinajstić information content (AvgIpc) is 2.81. The minimum Gasteiger partial charge on any atom is -0.507 e. The molecule has 2 heterocycles. The number of phenols is 1. The van der Waals surface area contributed by atoms with Crippen LogP contribution in [0.5, 0.6) is 11.5 Å². The van der Waals surface area contributed by atoms with E-state index in [1.807, 2.05) is 0 Å². The summed E-state index contributed by atoms with van der Waals surface area (Å²) in [6, 6.07) is 6.41. The van der Waals surface area contributed by atoms with Crippen LogP contribution in [0.15, 0.2) is 33.9 Å². The van der Waals surface area contributed by atoms with Crippen molar-refractivity contribution in [1.82, 2.24) is 14.1 Å². The zero-order chi connectivity index (χ0) is 15.3. The van der Waals surface area contributed by atoms with Gasteiger partial charge in [0.2, 0.25) is 0 Å². The van der Waals surface area contributed by atoms with Crippen molar-refractivity contribution in [2.45, 2.75) is 0 Å². The highest BCUT2D eigenvalue weighted by Gasteiger charge is 2.20. The molecular weight excluding hydrogens is 274 g/mol. The molecule has 0 saturated heterocycles. The lowest BCUT2D eigenvalue weighted by molar-refractivity contribution is 0.470. The molecule has 3 aromatic rings. The standard InChI is InChI=1S/C14H13N3O4/c1-16-11-10(13(20)17(2)14(16)21)15-9(12(11)19)7-5-3-4-6-8(7)18/h3-6,15,18-19H,1-2H3. The number of aryl methyl sites for hydroxylation is 1. The fourth-order valence-corrected chi connectivity index (χ4v) is 2.42. The molecule has 0 aliphatic heterocycles. The molecule has 3 rings (SSSR count). The van der Waals surface area contributed by atoms with E-state index < -0.39 is 11.2 Å². The van der Waals surface area contributed by atoms with Crippen LogP contribution in [0.4, 0.5) is 0 Å². The summed E-state index contributed by atoms with van der Waals surface area (Å²) in [6.07, 6.45) is 0. The van der Waals surface area contributed by atoms with Gasteiger partial charge in [0.05, 0.1) is 5.69 Å². The number of aromatic nitrogens is 3. The number of rotatable bonds is 1. The SMILES string of the molecule is Cn1c(=O)c2[nH]c(-c3ccccc3O)c(O)c2n(C)c1=O. The Labute approximate surface area is 118 Å². The van der Waals surface area contributed by atoms with Crippen molar-refractivity contribution in [3.05, 3.63) is 45.1 Å². The fourth-order valence-electron chi connectivity index (χ4n) is 2.42. The Morgan fingerprint density at radius 1 is 1.05 bits per heavy atom. The molecule has 0 spiro atoms. The fraction of sp³-hybridized carbons (Fsp3) is 0.143. The van der Waals surface area contributed by atoms with Crippen LogP contribution in [0.2, 0.25) is 0 Å². The van der Waals surface area contributed by atoms with Gasteiger partial charge in [-0.3, -0.25) is 13.9 Å². The van der Waals surface area contributed by atoms with Gasteiger partial charge in [0, 0.05) is 19.7 Å². The quantitative estimate of drug-likeness (QED) is 0.611. The van der Waals surface area contributed by atoms with Gasteiger partial charge in [-0.15, -0.1) is 0 Å². The van der Waals surface area contributed by atoms with Gasteiger partial charge in [0.1, 0.15) is 16.8 Å². The molecule has 0 radical (unpaired) electrons. The first-order chi connectivity index (χ1) is 9.93. The second kappa shape index (κ2) is 4.27. The van der Waals surface area contributed by atoms with E-state index in [1.54, 1.807) is 18.2 Å². The Morgan fingerprint density at radius 2 is 1.71 bits per heavy atom. The highest BCUT2D eigenvalue weighted by Crippen LogP contribution is 2.37. The summed E-state index contributed by atoms with van der Waals surface area (Å²) in [4.78, 5) is 26.8. The minimum atomic E-state index is -0.537. The lowest BCUT2D eigenvalue weighted by Crippen LogP contribution is -2.36. The van der Waals surface area contributed by atoms with Crippen LogP contribution in [0.3, 0.4) is 0 Å². The molecule has 0 saturated carbocycles. The van der Waals surface area contributed by atoms with E-state index in [0.717, 1.165) is 4.57 Å². The van der Waals surface area contributed by atoms with E-state index in [0.29, 0.717) is 5.56 Å². The third-order valence-electron chi connectivity index (χ3n) is 3.55. The highest BCUT2D eigenvalue weighted by atomic mass is 16.3. The van der Waals surface area contributed by atoms with Gasteiger partial charge in [-0.25, -0.2) is 4.79 Å². The zero-order valence-corrected chi connectivity index (χ0v) is 11.4. The van der Waals surface area contributed by atoms with Gasteiger partial charge in [-0.05, 0) is 12.1 Å². The monoisotopic (exact) mass is 287 g/mol. The Kier molecular flexibility index (Phi) is 2.65. The number of aromatic hydroxyl groups is 2. The van der Waals surface area contributed by atoms with Gasteiger partial charge in [0.15, 0.2) is 5.75 Å². The first kappa shape index (κ1) is 13.0. The van der Waals surface area contributed by atoms with Crippen molar-refractivity contribution in [2.24, 2.45) is 14.1 Å². The summed E-state index contributed by atoms with van der Waals surface area (Å²) in [5, 5.41) is 20.2. The third-order valence-corrected chi connectivity index (χ3v) is 3.55.